The van der Waals surface area contributed by atoms with Gasteiger partial charge in [0, 0.05) is 10.0 Å². The molecule has 0 aliphatic carbocycles. The largest absolute Gasteiger partial charge is 0.327 e. The summed E-state index contributed by atoms with van der Waals surface area (Å²) in [5, 5.41) is 4.87. The lowest BCUT2D eigenvalue weighted by molar-refractivity contribution is 0.0967. The van der Waals surface area contributed by atoms with E-state index in [9.17, 15) is 9.59 Å². The summed E-state index contributed by atoms with van der Waals surface area (Å²) in [6, 6.07) is 11.4. The van der Waals surface area contributed by atoms with Crippen molar-refractivity contribution >= 4 is 56.9 Å². The zero-order chi connectivity index (χ0) is 19.4. The van der Waals surface area contributed by atoms with Crippen molar-refractivity contribution in [1.29, 1.82) is 0 Å². The molecule has 27 heavy (non-hydrogen) atoms. The lowest BCUT2D eigenvalue weighted by Crippen LogP contribution is -2.35. The first kappa shape index (κ1) is 19.3. The van der Waals surface area contributed by atoms with E-state index in [1.165, 1.54) is 24.5 Å². The van der Waals surface area contributed by atoms with E-state index in [0.717, 1.165) is 10.0 Å². The normalized spacial score (nSPS) is 10.3. The van der Waals surface area contributed by atoms with Gasteiger partial charge in [-0.2, -0.15) is 0 Å². The smallest absolute Gasteiger partial charge is 0.291 e. The molecule has 9 heteroatoms. The van der Waals surface area contributed by atoms with Crippen molar-refractivity contribution in [3.8, 4) is 11.3 Å². The lowest BCUT2D eigenvalue weighted by Gasteiger charge is -2.08. The van der Waals surface area contributed by atoms with Crippen LogP contribution >= 0.6 is 39.1 Å². The number of aromatic nitrogens is 2. The minimum Gasteiger partial charge on any atom is -0.291 e. The number of rotatable bonds is 3. The van der Waals surface area contributed by atoms with Gasteiger partial charge in [-0.25, -0.2) is 9.78 Å². The monoisotopic (exact) mass is 464 g/mol. The highest BCUT2D eigenvalue weighted by atomic mass is 79.9. The van der Waals surface area contributed by atoms with Crippen LogP contribution in [0.2, 0.25) is 10.0 Å². The molecule has 0 spiro atoms. The molecule has 0 unspecified atom stereocenters. The standard InChI is InChI=1S/C18H11BrCl2N4O2/c19-11-6-4-10(5-7-11)14-8-23-15(9-22-14)24-18(27)25-17(26)16-12(20)2-1-3-13(16)21/h1-9H,(H2,23,24,25,26,27). The van der Waals surface area contributed by atoms with E-state index in [-0.39, 0.29) is 21.4 Å². The fourth-order valence-electron chi connectivity index (χ4n) is 2.19. The second kappa shape index (κ2) is 8.47. The molecule has 3 aromatic rings. The predicted octanol–water partition coefficient (Wildman–Crippen LogP) is 5.17. The van der Waals surface area contributed by atoms with Crippen molar-refractivity contribution in [3.05, 3.63) is 74.9 Å². The number of hydrogen-bond acceptors (Lipinski definition) is 4. The summed E-state index contributed by atoms with van der Waals surface area (Å²) in [7, 11) is 0. The highest BCUT2D eigenvalue weighted by molar-refractivity contribution is 9.10. The Bertz CT molecular complexity index is 975. The minimum atomic E-state index is -0.776. The molecular formula is C18H11BrCl2N4O2. The summed E-state index contributed by atoms with van der Waals surface area (Å²) >= 11 is 15.3. The summed E-state index contributed by atoms with van der Waals surface area (Å²) in [6.07, 6.45) is 2.91. The summed E-state index contributed by atoms with van der Waals surface area (Å²) < 4.78 is 0.956. The Morgan fingerprint density at radius 1 is 0.926 bits per heavy atom. The number of hydrogen-bond donors (Lipinski definition) is 2. The Morgan fingerprint density at radius 3 is 2.19 bits per heavy atom. The first-order chi connectivity index (χ1) is 12.9. The van der Waals surface area contributed by atoms with Gasteiger partial charge in [-0.3, -0.25) is 20.4 Å². The second-order valence-electron chi connectivity index (χ2n) is 5.30. The SMILES string of the molecule is O=C(NC(=O)c1c(Cl)cccc1Cl)Nc1cnc(-c2ccc(Br)cc2)cn1. The molecule has 0 fully saturated rings. The summed E-state index contributed by atoms with van der Waals surface area (Å²) in [5.74, 6) is -0.533. The van der Waals surface area contributed by atoms with Crippen LogP contribution in [-0.2, 0) is 0 Å². The van der Waals surface area contributed by atoms with E-state index in [1.807, 2.05) is 24.3 Å². The summed E-state index contributed by atoms with van der Waals surface area (Å²) in [5.41, 5.74) is 1.55. The number of carbonyl (C=O) groups excluding carboxylic acids is 2. The third-order valence-corrected chi connectivity index (χ3v) is 4.61. The Kier molecular flexibility index (Phi) is 6.05. The van der Waals surface area contributed by atoms with E-state index in [0.29, 0.717) is 5.69 Å². The maximum Gasteiger partial charge on any atom is 0.327 e. The second-order valence-corrected chi connectivity index (χ2v) is 7.03. The van der Waals surface area contributed by atoms with Gasteiger partial charge in [0.15, 0.2) is 5.82 Å². The van der Waals surface area contributed by atoms with Crippen molar-refractivity contribution in [2.75, 3.05) is 5.32 Å². The molecule has 3 amide bonds. The van der Waals surface area contributed by atoms with E-state index in [1.54, 1.807) is 6.07 Å². The summed E-state index contributed by atoms with van der Waals surface area (Å²) in [4.78, 5) is 32.6. The van der Waals surface area contributed by atoms with Crippen LogP contribution in [0.25, 0.3) is 11.3 Å². The van der Waals surface area contributed by atoms with Crippen molar-refractivity contribution in [1.82, 2.24) is 15.3 Å². The van der Waals surface area contributed by atoms with Gasteiger partial charge in [-0.05, 0) is 24.3 Å². The maximum absolute atomic E-state index is 12.2. The molecule has 0 saturated carbocycles. The van der Waals surface area contributed by atoms with E-state index in [4.69, 9.17) is 23.2 Å². The minimum absolute atomic E-state index is 0.0210. The van der Waals surface area contributed by atoms with E-state index < -0.39 is 11.9 Å². The van der Waals surface area contributed by atoms with Gasteiger partial charge in [0.1, 0.15) is 0 Å². The molecule has 3 rings (SSSR count). The van der Waals surface area contributed by atoms with Crippen LogP contribution in [0.3, 0.4) is 0 Å². The average Bonchev–Trinajstić information content (AvgIpc) is 2.63. The molecule has 0 saturated heterocycles. The molecule has 136 valence electrons. The predicted molar refractivity (Wildman–Crippen MR) is 108 cm³/mol. The Labute approximate surface area is 173 Å². The van der Waals surface area contributed by atoms with Crippen LogP contribution in [0.4, 0.5) is 10.6 Å². The average molecular weight is 466 g/mol. The maximum atomic E-state index is 12.2. The third kappa shape index (κ3) is 4.82. The first-order valence-corrected chi connectivity index (χ1v) is 9.13. The number of anilines is 1. The molecule has 0 atom stereocenters. The number of halogens is 3. The molecule has 0 bridgehead atoms. The Hall–Kier alpha value is -2.48. The fraction of sp³-hybridized carbons (Fsp3) is 0. The van der Waals surface area contributed by atoms with E-state index in [2.05, 4.69) is 36.5 Å². The molecule has 1 heterocycles. The molecule has 2 aromatic carbocycles. The molecule has 0 aliphatic heterocycles. The van der Waals surface area contributed by atoms with Crippen LogP contribution in [-0.4, -0.2) is 21.9 Å². The number of nitrogens with zero attached hydrogens (tertiary/aromatic N) is 2. The van der Waals surface area contributed by atoms with Gasteiger partial charge in [0.2, 0.25) is 0 Å². The van der Waals surface area contributed by atoms with Crippen molar-refractivity contribution in [2.45, 2.75) is 0 Å². The highest BCUT2D eigenvalue weighted by Gasteiger charge is 2.17. The highest BCUT2D eigenvalue weighted by Crippen LogP contribution is 2.24. The number of imide groups is 1. The Morgan fingerprint density at radius 2 is 1.59 bits per heavy atom. The van der Waals surface area contributed by atoms with Crippen LogP contribution < -0.4 is 10.6 Å². The van der Waals surface area contributed by atoms with Crippen LogP contribution in [0.15, 0.2) is 59.3 Å². The number of urea groups is 1. The van der Waals surface area contributed by atoms with Crippen molar-refractivity contribution in [2.24, 2.45) is 0 Å². The van der Waals surface area contributed by atoms with Crippen LogP contribution in [0.5, 0.6) is 0 Å². The molecule has 0 radical (unpaired) electrons. The van der Waals surface area contributed by atoms with Crippen molar-refractivity contribution in [3.63, 3.8) is 0 Å². The number of amides is 3. The zero-order valence-corrected chi connectivity index (χ0v) is 16.6. The van der Waals surface area contributed by atoms with Gasteiger partial charge in [0.05, 0.1) is 33.7 Å². The van der Waals surface area contributed by atoms with Gasteiger partial charge in [-0.1, -0.05) is 57.3 Å². The van der Waals surface area contributed by atoms with Gasteiger partial charge in [-0.15, -0.1) is 0 Å². The van der Waals surface area contributed by atoms with Gasteiger partial charge in [0.25, 0.3) is 5.91 Å². The van der Waals surface area contributed by atoms with E-state index >= 15 is 0 Å². The fourth-order valence-corrected chi connectivity index (χ4v) is 3.02. The zero-order valence-electron chi connectivity index (χ0n) is 13.5. The van der Waals surface area contributed by atoms with Crippen LogP contribution in [0, 0.1) is 0 Å². The topological polar surface area (TPSA) is 84.0 Å². The summed E-state index contributed by atoms with van der Waals surface area (Å²) in [6.45, 7) is 0. The Balaban J connectivity index is 1.66. The number of benzene rings is 2. The number of nitrogens with one attached hydrogen (secondary N) is 2. The van der Waals surface area contributed by atoms with Crippen molar-refractivity contribution < 1.29 is 9.59 Å². The molecular weight excluding hydrogens is 455 g/mol. The molecule has 1 aromatic heterocycles. The van der Waals surface area contributed by atoms with Crippen LogP contribution in [0.1, 0.15) is 10.4 Å². The lowest BCUT2D eigenvalue weighted by atomic mass is 10.2. The quantitative estimate of drug-likeness (QED) is 0.558. The first-order valence-electron chi connectivity index (χ1n) is 7.58. The number of carbonyl (C=O) groups is 2. The van der Waals surface area contributed by atoms with Gasteiger partial charge >= 0.3 is 6.03 Å². The van der Waals surface area contributed by atoms with Gasteiger partial charge < -0.3 is 0 Å². The third-order valence-electron chi connectivity index (χ3n) is 3.45. The molecule has 2 N–H and O–H groups in total. The molecule has 0 aliphatic rings. The molecule has 6 nitrogen and oxygen atoms in total.